The van der Waals surface area contributed by atoms with E-state index >= 15 is 0 Å². The van der Waals surface area contributed by atoms with Gasteiger partial charge in [-0.25, -0.2) is 8.42 Å². The molecular formula is C20H19ClN2O3S. The van der Waals surface area contributed by atoms with Gasteiger partial charge in [0.25, 0.3) is 0 Å². The molecule has 0 radical (unpaired) electrons. The number of nitrogens with zero attached hydrogens (tertiary/aromatic N) is 1. The van der Waals surface area contributed by atoms with Crippen molar-refractivity contribution in [3.8, 4) is 6.07 Å². The summed E-state index contributed by atoms with van der Waals surface area (Å²) in [5.41, 5.74) is 0.755. The molecule has 0 saturated carbocycles. The Kier molecular flexibility index (Phi) is 6.42. The molecular weight excluding hydrogens is 384 g/mol. The van der Waals surface area contributed by atoms with Crippen molar-refractivity contribution in [3.63, 3.8) is 0 Å². The van der Waals surface area contributed by atoms with Gasteiger partial charge < -0.3 is 5.32 Å². The fraction of sp³-hybridized carbons (Fsp3) is 0.200. The van der Waals surface area contributed by atoms with Gasteiger partial charge in [0, 0.05) is 23.1 Å². The molecule has 0 saturated heterocycles. The van der Waals surface area contributed by atoms with Gasteiger partial charge in [-0.15, -0.1) is 0 Å². The van der Waals surface area contributed by atoms with Crippen molar-refractivity contribution in [3.05, 3.63) is 76.2 Å². The molecule has 2 aromatic carbocycles. The molecule has 0 aliphatic heterocycles. The van der Waals surface area contributed by atoms with E-state index in [9.17, 15) is 13.2 Å². The maximum absolute atomic E-state index is 12.6. The molecule has 0 unspecified atom stereocenters. The second kappa shape index (κ2) is 8.38. The van der Waals surface area contributed by atoms with E-state index in [4.69, 9.17) is 16.9 Å². The Hall–Kier alpha value is -2.62. The van der Waals surface area contributed by atoms with E-state index in [-0.39, 0.29) is 10.8 Å². The fourth-order valence-corrected chi connectivity index (χ4v) is 3.44. The summed E-state index contributed by atoms with van der Waals surface area (Å²) in [5, 5.41) is 12.8. The van der Waals surface area contributed by atoms with Crippen LogP contribution in [0.1, 0.15) is 25.0 Å². The lowest BCUT2D eigenvalue weighted by Gasteiger charge is -2.24. The lowest BCUT2D eigenvalue weighted by atomic mass is 9.83. The summed E-state index contributed by atoms with van der Waals surface area (Å²) in [6, 6.07) is 14.9. The normalized spacial score (nSPS) is 11.9. The number of rotatable bonds is 6. The smallest absolute Gasteiger partial charge is 0.230 e. The van der Waals surface area contributed by atoms with E-state index in [1.54, 1.807) is 44.2 Å². The Morgan fingerprint density at radius 2 is 1.74 bits per heavy atom. The Morgan fingerprint density at radius 3 is 2.30 bits per heavy atom. The zero-order valence-electron chi connectivity index (χ0n) is 14.9. The summed E-state index contributed by atoms with van der Waals surface area (Å²) in [6.07, 6.45) is 0.914. The average Bonchev–Trinajstić information content (AvgIpc) is 2.65. The van der Waals surface area contributed by atoms with Gasteiger partial charge in [-0.2, -0.15) is 5.26 Å². The fourth-order valence-electron chi connectivity index (χ4n) is 2.40. The molecule has 0 fully saturated rings. The van der Waals surface area contributed by atoms with E-state index in [0.29, 0.717) is 17.1 Å². The zero-order chi connectivity index (χ0) is 20.1. The van der Waals surface area contributed by atoms with Crippen LogP contribution < -0.4 is 5.32 Å². The number of nitrogens with one attached hydrogen (secondary N) is 1. The monoisotopic (exact) mass is 402 g/mol. The molecule has 0 atom stereocenters. The molecule has 1 N–H and O–H groups in total. The molecule has 2 rings (SSSR count). The number of hydrogen-bond acceptors (Lipinski definition) is 4. The highest BCUT2D eigenvalue weighted by Crippen LogP contribution is 2.25. The van der Waals surface area contributed by atoms with Crippen molar-refractivity contribution in [2.45, 2.75) is 30.7 Å². The minimum absolute atomic E-state index is 0.0649. The van der Waals surface area contributed by atoms with E-state index in [2.05, 4.69) is 5.32 Å². The first-order valence-electron chi connectivity index (χ1n) is 8.11. The minimum Gasteiger partial charge on any atom is -0.351 e. The van der Waals surface area contributed by atoms with Crippen molar-refractivity contribution >= 4 is 27.3 Å². The number of carbonyl (C=O) groups is 1. The van der Waals surface area contributed by atoms with E-state index in [1.165, 1.54) is 12.1 Å². The average molecular weight is 403 g/mol. The first kappa shape index (κ1) is 20.7. The maximum Gasteiger partial charge on any atom is 0.230 e. The summed E-state index contributed by atoms with van der Waals surface area (Å²) in [7, 11) is -3.67. The number of nitriles is 1. The SMILES string of the molecule is CC(C)(C(=O)NCc1ccc(Cl)cc1)c1ccc(S(=O)(=O)C=CC#N)cc1. The van der Waals surface area contributed by atoms with Gasteiger partial charge in [0.1, 0.15) is 0 Å². The zero-order valence-corrected chi connectivity index (χ0v) is 16.5. The summed E-state index contributed by atoms with van der Waals surface area (Å²) in [5.74, 6) is -0.183. The molecule has 0 aliphatic rings. The van der Waals surface area contributed by atoms with Gasteiger partial charge in [-0.05, 0) is 49.2 Å². The highest BCUT2D eigenvalue weighted by molar-refractivity contribution is 7.94. The van der Waals surface area contributed by atoms with Gasteiger partial charge >= 0.3 is 0 Å². The van der Waals surface area contributed by atoms with E-state index in [1.807, 2.05) is 12.1 Å². The lowest BCUT2D eigenvalue weighted by Crippen LogP contribution is -2.39. The molecule has 0 heterocycles. The number of benzene rings is 2. The Bertz CT molecular complexity index is 987. The van der Waals surface area contributed by atoms with Crippen LogP contribution in [-0.4, -0.2) is 14.3 Å². The predicted molar refractivity (Wildman–Crippen MR) is 105 cm³/mol. The Balaban J connectivity index is 2.13. The van der Waals surface area contributed by atoms with Crippen molar-refractivity contribution in [2.75, 3.05) is 0 Å². The third-order valence-corrected chi connectivity index (χ3v) is 5.84. The molecule has 0 aromatic heterocycles. The molecule has 0 bridgehead atoms. The van der Waals surface area contributed by atoms with Crippen LogP contribution in [0.2, 0.25) is 5.02 Å². The molecule has 2 aromatic rings. The highest BCUT2D eigenvalue weighted by atomic mass is 35.5. The molecule has 1 amide bonds. The standard InChI is InChI=1S/C20H19ClN2O3S/c1-20(2,19(24)23-14-15-4-8-17(21)9-5-15)16-6-10-18(11-7-16)27(25,26)13-3-12-22/h3-11,13H,14H2,1-2H3,(H,23,24). The summed E-state index contributed by atoms with van der Waals surface area (Å²) in [6.45, 7) is 3.90. The maximum atomic E-state index is 12.6. The number of amides is 1. The van der Waals surface area contributed by atoms with Crippen LogP contribution in [0.3, 0.4) is 0 Å². The predicted octanol–water partition coefficient (Wildman–Crippen LogP) is 3.74. The second-order valence-electron chi connectivity index (χ2n) is 6.44. The van der Waals surface area contributed by atoms with Gasteiger partial charge in [-0.1, -0.05) is 35.9 Å². The molecule has 5 nitrogen and oxygen atoms in total. The second-order valence-corrected chi connectivity index (χ2v) is 8.71. The van der Waals surface area contributed by atoms with Crippen LogP contribution in [0, 0.1) is 11.3 Å². The van der Waals surface area contributed by atoms with Crippen molar-refractivity contribution in [2.24, 2.45) is 0 Å². The Morgan fingerprint density at radius 1 is 1.15 bits per heavy atom. The largest absolute Gasteiger partial charge is 0.351 e. The van der Waals surface area contributed by atoms with Gasteiger partial charge in [-0.3, -0.25) is 4.79 Å². The number of halogens is 1. The van der Waals surface area contributed by atoms with Crippen LogP contribution in [0.25, 0.3) is 0 Å². The number of carbonyl (C=O) groups excluding carboxylic acids is 1. The summed E-state index contributed by atoms with van der Waals surface area (Å²) < 4.78 is 24.1. The van der Waals surface area contributed by atoms with Crippen molar-refractivity contribution in [1.29, 1.82) is 5.26 Å². The van der Waals surface area contributed by atoms with Gasteiger partial charge in [0.2, 0.25) is 15.7 Å². The number of sulfone groups is 1. The van der Waals surface area contributed by atoms with Crippen LogP contribution in [0.5, 0.6) is 0 Å². The van der Waals surface area contributed by atoms with Crippen molar-refractivity contribution in [1.82, 2.24) is 5.32 Å². The van der Waals surface area contributed by atoms with Crippen LogP contribution in [0.15, 0.2) is 64.9 Å². The summed E-state index contributed by atoms with van der Waals surface area (Å²) in [4.78, 5) is 12.7. The third-order valence-electron chi connectivity index (χ3n) is 4.16. The summed E-state index contributed by atoms with van der Waals surface area (Å²) >= 11 is 5.85. The first-order valence-corrected chi connectivity index (χ1v) is 10.0. The number of hydrogen-bond donors (Lipinski definition) is 1. The number of allylic oxidation sites excluding steroid dienone is 1. The van der Waals surface area contributed by atoms with E-state index in [0.717, 1.165) is 17.0 Å². The van der Waals surface area contributed by atoms with Crippen LogP contribution in [0.4, 0.5) is 0 Å². The molecule has 0 aliphatic carbocycles. The van der Waals surface area contributed by atoms with Crippen LogP contribution in [-0.2, 0) is 26.6 Å². The van der Waals surface area contributed by atoms with Crippen molar-refractivity contribution < 1.29 is 13.2 Å². The third kappa shape index (κ3) is 5.19. The van der Waals surface area contributed by atoms with Crippen LogP contribution >= 0.6 is 11.6 Å². The van der Waals surface area contributed by atoms with E-state index < -0.39 is 15.3 Å². The first-order chi connectivity index (χ1) is 12.7. The molecule has 140 valence electrons. The topological polar surface area (TPSA) is 87.0 Å². The van der Waals surface area contributed by atoms with Gasteiger partial charge in [0.05, 0.1) is 16.4 Å². The quantitative estimate of drug-likeness (QED) is 0.745. The molecule has 0 spiro atoms. The Labute approximate surface area is 164 Å². The lowest BCUT2D eigenvalue weighted by molar-refractivity contribution is -0.125. The van der Waals surface area contributed by atoms with Gasteiger partial charge in [0.15, 0.2) is 0 Å². The molecule has 7 heteroatoms. The molecule has 27 heavy (non-hydrogen) atoms. The minimum atomic E-state index is -3.67. The highest BCUT2D eigenvalue weighted by Gasteiger charge is 2.29.